The second kappa shape index (κ2) is 7.96. The molecule has 1 aliphatic rings. The minimum Gasteiger partial charge on any atom is -0.309 e. The lowest BCUT2D eigenvalue weighted by Gasteiger charge is -2.16. The van der Waals surface area contributed by atoms with Gasteiger partial charge in [0.1, 0.15) is 0 Å². The second-order valence-corrected chi connectivity index (χ2v) is 11.6. The number of hydrogen-bond donors (Lipinski definition) is 0. The van der Waals surface area contributed by atoms with E-state index in [1.54, 1.807) is 0 Å². The van der Waals surface area contributed by atoms with E-state index in [4.69, 9.17) is 0 Å². The average Bonchev–Trinajstić information content (AvgIpc) is 3.58. The summed E-state index contributed by atoms with van der Waals surface area (Å²) < 4.78 is 4.41. The fraction of sp³-hybridized carbons (Fsp3) is 0.0256. The third kappa shape index (κ3) is 2.85. The van der Waals surface area contributed by atoms with E-state index in [0.717, 1.165) is 50.5 Å². The third-order valence-electron chi connectivity index (χ3n) is 9.43. The van der Waals surface area contributed by atoms with Gasteiger partial charge in [-0.2, -0.15) is 0 Å². The predicted molar refractivity (Wildman–Crippen MR) is 176 cm³/mol. The van der Waals surface area contributed by atoms with Crippen LogP contribution in [0.2, 0.25) is 0 Å². The van der Waals surface area contributed by atoms with E-state index in [0.29, 0.717) is 27.1 Å². The molecule has 200 valence electrons. The largest absolute Gasteiger partial charge is 0.309 e. The molecule has 43 heavy (non-hydrogen) atoms. The molecular formula is C39H22N2O2. The van der Waals surface area contributed by atoms with Crippen molar-refractivity contribution in [1.29, 1.82) is 0 Å². The molecule has 6 aromatic carbocycles. The van der Waals surface area contributed by atoms with Gasteiger partial charge in [0.05, 0.1) is 27.6 Å². The Morgan fingerprint density at radius 2 is 1.09 bits per heavy atom. The van der Waals surface area contributed by atoms with Crippen LogP contribution < -0.4 is 10.9 Å². The number of hydrogen-bond acceptors (Lipinski definition) is 2. The number of pyridine rings is 2. The molecule has 3 aromatic heterocycles. The lowest BCUT2D eigenvalue weighted by molar-refractivity contribution is 1.18. The van der Waals surface area contributed by atoms with Gasteiger partial charge in [0.15, 0.2) is 10.9 Å². The third-order valence-corrected chi connectivity index (χ3v) is 9.43. The standard InChI is InChI=1S/C39H22N2O2/c42-38-27-14-8-15-28-37(27)41(35-19-29-23(18-31(35)38)17-22-9-4-5-12-25(22)29)36-20-30-26-13-6-7-16-33(26)40(24-10-2-1-3-11-24)34(30)21-32(36)39(28)43/h1-16,18-21H,17H2. The maximum atomic E-state index is 14.3. The number of aromatic nitrogens is 2. The Balaban J connectivity index is 1.46. The lowest BCUT2D eigenvalue weighted by atomic mass is 9.98. The highest BCUT2D eigenvalue weighted by Crippen LogP contribution is 2.40. The fourth-order valence-electron chi connectivity index (χ4n) is 7.58. The Bertz CT molecular complexity index is 2790. The van der Waals surface area contributed by atoms with Crippen LogP contribution in [0.1, 0.15) is 11.1 Å². The molecule has 10 rings (SSSR count). The lowest BCUT2D eigenvalue weighted by Crippen LogP contribution is -2.14. The van der Waals surface area contributed by atoms with E-state index in [-0.39, 0.29) is 10.9 Å². The van der Waals surface area contributed by atoms with Crippen molar-refractivity contribution >= 4 is 59.9 Å². The van der Waals surface area contributed by atoms with Gasteiger partial charge in [-0.25, -0.2) is 0 Å². The van der Waals surface area contributed by atoms with E-state index in [1.807, 2.05) is 42.5 Å². The molecule has 0 unspecified atom stereocenters. The van der Waals surface area contributed by atoms with Crippen molar-refractivity contribution in [3.05, 3.63) is 153 Å². The fourth-order valence-corrected chi connectivity index (χ4v) is 7.58. The van der Waals surface area contributed by atoms with E-state index < -0.39 is 0 Å². The molecule has 9 aromatic rings. The Morgan fingerprint density at radius 1 is 0.442 bits per heavy atom. The molecule has 0 bridgehead atoms. The van der Waals surface area contributed by atoms with Crippen molar-refractivity contribution in [2.75, 3.05) is 0 Å². The predicted octanol–water partition coefficient (Wildman–Crippen LogP) is 8.23. The first-order chi connectivity index (χ1) is 21.2. The van der Waals surface area contributed by atoms with Crippen molar-refractivity contribution in [3.8, 4) is 16.8 Å². The number of nitrogens with zero attached hydrogens (tertiary/aromatic N) is 2. The van der Waals surface area contributed by atoms with Gasteiger partial charge in [-0.05, 0) is 83.3 Å². The van der Waals surface area contributed by atoms with Gasteiger partial charge in [-0.15, -0.1) is 0 Å². The normalized spacial score (nSPS) is 12.7. The Morgan fingerprint density at radius 3 is 1.93 bits per heavy atom. The van der Waals surface area contributed by atoms with Crippen LogP contribution in [0.15, 0.2) is 131 Å². The van der Waals surface area contributed by atoms with Gasteiger partial charge < -0.3 is 8.97 Å². The van der Waals surface area contributed by atoms with Crippen LogP contribution in [-0.4, -0.2) is 8.97 Å². The minimum atomic E-state index is -0.0578. The molecule has 0 radical (unpaired) electrons. The summed E-state index contributed by atoms with van der Waals surface area (Å²) in [6.07, 6.45) is 0.813. The Labute approximate surface area is 244 Å². The number of para-hydroxylation sites is 3. The van der Waals surface area contributed by atoms with Crippen molar-refractivity contribution < 1.29 is 0 Å². The Kier molecular flexibility index (Phi) is 4.24. The molecule has 1 aliphatic carbocycles. The number of benzene rings is 6. The highest BCUT2D eigenvalue weighted by molar-refractivity contribution is 6.16. The van der Waals surface area contributed by atoms with Crippen LogP contribution in [0.4, 0.5) is 0 Å². The summed E-state index contributed by atoms with van der Waals surface area (Å²) in [5.41, 5.74) is 10.2. The summed E-state index contributed by atoms with van der Waals surface area (Å²) >= 11 is 0. The quantitative estimate of drug-likeness (QED) is 0.153. The number of rotatable bonds is 1. The summed E-state index contributed by atoms with van der Waals surface area (Å²) in [6.45, 7) is 0. The van der Waals surface area contributed by atoms with Gasteiger partial charge in [0.25, 0.3) is 0 Å². The topological polar surface area (TPSA) is 43.5 Å². The minimum absolute atomic E-state index is 0.0279. The molecular weight excluding hydrogens is 528 g/mol. The van der Waals surface area contributed by atoms with Gasteiger partial charge in [0, 0.05) is 38.0 Å². The van der Waals surface area contributed by atoms with E-state index in [9.17, 15) is 9.59 Å². The monoisotopic (exact) mass is 550 g/mol. The molecule has 4 nitrogen and oxygen atoms in total. The van der Waals surface area contributed by atoms with E-state index in [1.165, 1.54) is 16.7 Å². The van der Waals surface area contributed by atoms with Crippen LogP contribution in [-0.2, 0) is 6.42 Å². The molecule has 0 saturated carbocycles. The molecule has 0 saturated heterocycles. The van der Waals surface area contributed by atoms with Crippen molar-refractivity contribution in [3.63, 3.8) is 0 Å². The first-order valence-electron chi connectivity index (χ1n) is 14.6. The SMILES string of the molecule is O=c1c2cc3c(cc2n2c4cc5c6ccccc6n(-c6ccccc6)c5cc4c(=O)c4cccc1c42)-c1ccccc1C3. The van der Waals surface area contributed by atoms with Crippen LogP contribution in [0.5, 0.6) is 0 Å². The highest BCUT2D eigenvalue weighted by Gasteiger charge is 2.24. The van der Waals surface area contributed by atoms with Crippen molar-refractivity contribution in [1.82, 2.24) is 8.97 Å². The average molecular weight is 551 g/mol. The van der Waals surface area contributed by atoms with Crippen LogP contribution in [0.25, 0.3) is 76.7 Å². The summed E-state index contributed by atoms with van der Waals surface area (Å²) in [6, 6.07) is 41.1. The van der Waals surface area contributed by atoms with E-state index >= 15 is 0 Å². The zero-order valence-corrected chi connectivity index (χ0v) is 23.0. The van der Waals surface area contributed by atoms with E-state index in [2.05, 4.69) is 87.8 Å². The van der Waals surface area contributed by atoms with Gasteiger partial charge in [-0.3, -0.25) is 9.59 Å². The van der Waals surface area contributed by atoms with Crippen LogP contribution in [0.3, 0.4) is 0 Å². The first-order valence-corrected chi connectivity index (χ1v) is 14.6. The number of fused-ring (bicyclic) bond motifs is 10. The zero-order chi connectivity index (χ0) is 28.4. The second-order valence-electron chi connectivity index (χ2n) is 11.6. The highest BCUT2D eigenvalue weighted by atomic mass is 16.1. The first kappa shape index (κ1) is 22.9. The van der Waals surface area contributed by atoms with Crippen molar-refractivity contribution in [2.45, 2.75) is 6.42 Å². The molecule has 0 fully saturated rings. The van der Waals surface area contributed by atoms with Gasteiger partial charge >= 0.3 is 0 Å². The maximum Gasteiger partial charge on any atom is 0.197 e. The maximum absolute atomic E-state index is 14.3. The summed E-state index contributed by atoms with van der Waals surface area (Å²) in [4.78, 5) is 28.3. The summed E-state index contributed by atoms with van der Waals surface area (Å²) in [7, 11) is 0. The summed E-state index contributed by atoms with van der Waals surface area (Å²) in [5.74, 6) is 0. The molecule has 0 atom stereocenters. The molecule has 0 amide bonds. The smallest absolute Gasteiger partial charge is 0.197 e. The van der Waals surface area contributed by atoms with Crippen LogP contribution >= 0.6 is 0 Å². The Hall–Kier alpha value is -5.74. The van der Waals surface area contributed by atoms with Gasteiger partial charge in [0.2, 0.25) is 0 Å². The van der Waals surface area contributed by atoms with Crippen molar-refractivity contribution in [2.24, 2.45) is 0 Å². The van der Waals surface area contributed by atoms with Crippen LogP contribution in [0, 0.1) is 0 Å². The molecule has 0 spiro atoms. The molecule has 4 heteroatoms. The molecule has 0 aliphatic heterocycles. The molecule has 0 N–H and O–H groups in total. The van der Waals surface area contributed by atoms with Gasteiger partial charge in [-0.1, -0.05) is 66.7 Å². The molecule has 3 heterocycles. The summed E-state index contributed by atoms with van der Waals surface area (Å²) in [5, 5.41) is 4.64. The zero-order valence-electron chi connectivity index (χ0n) is 23.0.